The lowest BCUT2D eigenvalue weighted by Gasteiger charge is -2.06. The third kappa shape index (κ3) is 2.38. The average molecular weight is 255 g/mol. The van der Waals surface area contributed by atoms with E-state index in [9.17, 15) is 4.79 Å². The van der Waals surface area contributed by atoms with Gasteiger partial charge in [0.2, 0.25) is 11.1 Å². The molecule has 2 aromatic rings. The molecule has 2 rings (SSSR count). The number of diazo groups is 1. The van der Waals surface area contributed by atoms with Crippen molar-refractivity contribution in [3.63, 3.8) is 0 Å². The Morgan fingerprint density at radius 1 is 1.26 bits per heavy atom. The zero-order chi connectivity index (χ0) is 13.8. The van der Waals surface area contributed by atoms with Crippen LogP contribution in [0.15, 0.2) is 42.5 Å². The molecule has 0 fully saturated rings. The molecule has 0 unspecified atom stereocenters. The van der Waals surface area contributed by atoms with E-state index in [1.54, 1.807) is 36.4 Å². The van der Waals surface area contributed by atoms with Crippen molar-refractivity contribution in [2.45, 2.75) is 0 Å². The van der Waals surface area contributed by atoms with Crippen molar-refractivity contribution in [2.75, 3.05) is 7.11 Å². The summed E-state index contributed by atoms with van der Waals surface area (Å²) in [7, 11) is 1.47. The van der Waals surface area contributed by atoms with Crippen LogP contribution in [0.25, 0.3) is 16.1 Å². The fourth-order valence-electron chi connectivity index (χ4n) is 1.87. The van der Waals surface area contributed by atoms with Gasteiger partial charge in [-0.15, -0.1) is 0 Å². The van der Waals surface area contributed by atoms with Gasteiger partial charge in [0.25, 0.3) is 0 Å². The van der Waals surface area contributed by atoms with E-state index in [-0.39, 0.29) is 5.56 Å². The molecule has 0 atom stereocenters. The first kappa shape index (κ1) is 12.6. The van der Waals surface area contributed by atoms with E-state index < -0.39 is 5.97 Å². The average Bonchev–Trinajstić information content (AvgIpc) is 2.46. The Morgan fingerprint density at radius 2 is 2.00 bits per heavy atom. The summed E-state index contributed by atoms with van der Waals surface area (Å²) in [5.74, 6) is -0.601. The van der Waals surface area contributed by atoms with Crippen LogP contribution in [0.5, 0.6) is 5.75 Å². The SMILES string of the molecule is COc1c([N+]#N)cccc1-c1cccc(C(=O)O)c1. The van der Waals surface area contributed by atoms with E-state index in [0.29, 0.717) is 22.6 Å². The molecule has 0 amide bonds. The van der Waals surface area contributed by atoms with Crippen molar-refractivity contribution < 1.29 is 14.6 Å². The molecule has 0 bridgehead atoms. The minimum Gasteiger partial charge on any atom is -0.489 e. The Labute approximate surface area is 109 Å². The van der Waals surface area contributed by atoms with E-state index in [1.807, 2.05) is 0 Å². The van der Waals surface area contributed by atoms with Crippen molar-refractivity contribution in [3.05, 3.63) is 53.0 Å². The molecule has 0 saturated carbocycles. The number of methoxy groups -OCH3 is 1. The molecule has 2 aromatic carbocycles. The van der Waals surface area contributed by atoms with E-state index in [2.05, 4.69) is 4.98 Å². The molecule has 5 heteroatoms. The monoisotopic (exact) mass is 255 g/mol. The van der Waals surface area contributed by atoms with Gasteiger partial charge in [0.15, 0.2) is 4.98 Å². The second-order valence-corrected chi connectivity index (χ2v) is 3.84. The topological polar surface area (TPSA) is 74.7 Å². The quantitative estimate of drug-likeness (QED) is 0.851. The molecule has 0 saturated heterocycles. The summed E-state index contributed by atoms with van der Waals surface area (Å²) in [5, 5.41) is 17.9. The fraction of sp³-hybridized carbons (Fsp3) is 0.0714. The summed E-state index contributed by atoms with van der Waals surface area (Å²) in [6.07, 6.45) is 0. The fourth-order valence-corrected chi connectivity index (χ4v) is 1.87. The van der Waals surface area contributed by atoms with Crippen LogP contribution in [0.1, 0.15) is 10.4 Å². The van der Waals surface area contributed by atoms with Gasteiger partial charge in [-0.3, -0.25) is 0 Å². The maximum atomic E-state index is 11.0. The number of carbonyl (C=O) groups is 1. The van der Waals surface area contributed by atoms with Crippen LogP contribution in [-0.2, 0) is 0 Å². The Balaban J connectivity index is 2.62. The predicted molar refractivity (Wildman–Crippen MR) is 70.1 cm³/mol. The molecule has 0 aliphatic rings. The molecule has 94 valence electrons. The smallest absolute Gasteiger partial charge is 0.426 e. The van der Waals surface area contributed by atoms with Gasteiger partial charge in [0.1, 0.15) is 0 Å². The highest BCUT2D eigenvalue weighted by atomic mass is 16.5. The van der Waals surface area contributed by atoms with Gasteiger partial charge in [-0.25, -0.2) is 4.79 Å². The number of ether oxygens (including phenoxy) is 1. The summed E-state index contributed by atoms with van der Waals surface area (Å²) in [6.45, 7) is 0. The largest absolute Gasteiger partial charge is 0.489 e. The third-order valence-electron chi connectivity index (χ3n) is 2.73. The predicted octanol–water partition coefficient (Wildman–Crippen LogP) is 3.54. The number of carboxylic acid groups (broad SMARTS) is 1. The van der Waals surface area contributed by atoms with Gasteiger partial charge < -0.3 is 9.84 Å². The standard InChI is InChI=1S/C14H10N2O3/c1-19-13-11(6-3-7-12(13)16-15)9-4-2-5-10(8-9)14(17)18/h2-8H,1H3/p+1. The van der Waals surface area contributed by atoms with Crippen molar-refractivity contribution >= 4 is 11.7 Å². The third-order valence-corrected chi connectivity index (χ3v) is 2.73. The number of hydrogen-bond acceptors (Lipinski definition) is 3. The minimum absolute atomic E-state index is 0.186. The molecule has 0 aliphatic heterocycles. The van der Waals surface area contributed by atoms with E-state index in [1.165, 1.54) is 13.2 Å². The summed E-state index contributed by atoms with van der Waals surface area (Å²) in [6, 6.07) is 11.6. The van der Waals surface area contributed by atoms with E-state index >= 15 is 0 Å². The molecule has 0 heterocycles. The summed E-state index contributed by atoms with van der Waals surface area (Å²) < 4.78 is 5.22. The second kappa shape index (κ2) is 5.19. The Bertz CT molecular complexity index is 675. The van der Waals surface area contributed by atoms with Crippen LogP contribution in [0.4, 0.5) is 5.69 Å². The first-order chi connectivity index (χ1) is 9.17. The Hall–Kier alpha value is -2.87. The van der Waals surface area contributed by atoms with E-state index in [0.717, 1.165) is 0 Å². The number of aromatic carboxylic acids is 1. The highest BCUT2D eigenvalue weighted by Crippen LogP contribution is 2.38. The Morgan fingerprint density at radius 3 is 2.63 bits per heavy atom. The van der Waals surface area contributed by atoms with Crippen LogP contribution in [0.2, 0.25) is 0 Å². The van der Waals surface area contributed by atoms with Crippen LogP contribution in [0.3, 0.4) is 0 Å². The van der Waals surface area contributed by atoms with Gasteiger partial charge in [0.05, 0.1) is 12.7 Å². The van der Waals surface area contributed by atoms with Crippen molar-refractivity contribution in [2.24, 2.45) is 0 Å². The van der Waals surface area contributed by atoms with Gasteiger partial charge in [0, 0.05) is 11.6 Å². The lowest BCUT2D eigenvalue weighted by molar-refractivity contribution is 0.0697. The van der Waals surface area contributed by atoms with Crippen molar-refractivity contribution in [1.82, 2.24) is 0 Å². The molecular formula is C14H11N2O3+. The van der Waals surface area contributed by atoms with Crippen molar-refractivity contribution in [1.29, 1.82) is 5.39 Å². The van der Waals surface area contributed by atoms with Crippen LogP contribution >= 0.6 is 0 Å². The number of nitrogens with zero attached hydrogens (tertiary/aromatic N) is 2. The minimum atomic E-state index is -0.996. The number of hydrogen-bond donors (Lipinski definition) is 1. The van der Waals surface area contributed by atoms with Gasteiger partial charge in [-0.2, -0.15) is 0 Å². The first-order valence-corrected chi connectivity index (χ1v) is 5.53. The molecule has 0 aromatic heterocycles. The highest BCUT2D eigenvalue weighted by molar-refractivity contribution is 5.90. The molecule has 1 N–H and O–H groups in total. The summed E-state index contributed by atoms with van der Waals surface area (Å²) >= 11 is 0. The molecule has 0 spiro atoms. The zero-order valence-corrected chi connectivity index (χ0v) is 10.2. The number of carboxylic acids is 1. The van der Waals surface area contributed by atoms with Crippen LogP contribution < -0.4 is 4.74 Å². The van der Waals surface area contributed by atoms with Gasteiger partial charge >= 0.3 is 11.7 Å². The highest BCUT2D eigenvalue weighted by Gasteiger charge is 2.19. The van der Waals surface area contributed by atoms with Crippen molar-refractivity contribution in [3.8, 4) is 16.9 Å². The normalized spacial score (nSPS) is 9.68. The maximum absolute atomic E-state index is 11.0. The summed E-state index contributed by atoms with van der Waals surface area (Å²) in [4.78, 5) is 14.1. The number of benzene rings is 2. The van der Waals surface area contributed by atoms with Gasteiger partial charge in [-0.1, -0.05) is 24.3 Å². The number of para-hydroxylation sites is 1. The molecule has 0 radical (unpaired) electrons. The molecular weight excluding hydrogens is 244 g/mol. The Kier molecular flexibility index (Phi) is 3.44. The maximum Gasteiger partial charge on any atom is 0.426 e. The number of rotatable bonds is 3. The molecule has 5 nitrogen and oxygen atoms in total. The summed E-state index contributed by atoms with van der Waals surface area (Å²) in [5.41, 5.74) is 1.83. The van der Waals surface area contributed by atoms with E-state index in [4.69, 9.17) is 15.2 Å². The zero-order valence-electron chi connectivity index (χ0n) is 10.2. The van der Waals surface area contributed by atoms with Gasteiger partial charge in [-0.05, 0) is 17.7 Å². The lowest BCUT2D eigenvalue weighted by atomic mass is 10.0. The van der Waals surface area contributed by atoms with Crippen LogP contribution in [0, 0.1) is 5.39 Å². The van der Waals surface area contributed by atoms with Crippen LogP contribution in [-0.4, -0.2) is 18.2 Å². The lowest BCUT2D eigenvalue weighted by Crippen LogP contribution is -1.96. The first-order valence-electron chi connectivity index (χ1n) is 5.53. The second-order valence-electron chi connectivity index (χ2n) is 3.84. The molecule has 19 heavy (non-hydrogen) atoms. The molecule has 0 aliphatic carbocycles.